The molecule has 0 saturated heterocycles. The molecule has 0 saturated carbocycles. The number of amides is 3. The number of aliphatic imine (C=N–C) groups is 1. The first-order valence-electron chi connectivity index (χ1n) is 13.8. The maximum Gasteiger partial charge on any atom is 0.243 e. The monoisotopic (exact) mass is 563 g/mol. The van der Waals surface area contributed by atoms with E-state index < -0.39 is 29.9 Å². The zero-order valence-electron chi connectivity index (χ0n) is 23.1. The van der Waals surface area contributed by atoms with Crippen LogP contribution in [0.2, 0.25) is 0 Å². The second kappa shape index (κ2) is 16.0. The van der Waals surface area contributed by atoms with E-state index in [4.69, 9.17) is 22.9 Å². The van der Waals surface area contributed by atoms with Gasteiger partial charge in [0, 0.05) is 36.6 Å². The summed E-state index contributed by atoms with van der Waals surface area (Å²) in [6.07, 6.45) is 3.70. The van der Waals surface area contributed by atoms with Crippen molar-refractivity contribution in [3.8, 4) is 0 Å². The number of nitrogens with zero attached hydrogens (tertiary/aromatic N) is 1. The molecule has 0 radical (unpaired) electrons. The number of carbonyl (C=O) groups is 3. The molecular weight excluding hydrogens is 522 g/mol. The van der Waals surface area contributed by atoms with E-state index >= 15 is 0 Å². The van der Waals surface area contributed by atoms with Gasteiger partial charge in [-0.05, 0) is 49.4 Å². The maximum atomic E-state index is 13.6. The predicted molar refractivity (Wildman–Crippen MR) is 160 cm³/mol. The number of benzene rings is 2. The fraction of sp³-hybridized carbons (Fsp3) is 0.379. The lowest BCUT2D eigenvalue weighted by Crippen LogP contribution is -2.56. The van der Waals surface area contributed by atoms with Crippen LogP contribution in [0.5, 0.6) is 0 Å². The lowest BCUT2D eigenvalue weighted by atomic mass is 10.0. The van der Waals surface area contributed by atoms with Gasteiger partial charge in [-0.15, -0.1) is 0 Å². The van der Waals surface area contributed by atoms with E-state index in [1.807, 2.05) is 60.8 Å². The summed E-state index contributed by atoms with van der Waals surface area (Å²) in [4.78, 5) is 46.8. The van der Waals surface area contributed by atoms with Crippen molar-refractivity contribution in [3.63, 3.8) is 0 Å². The maximum absolute atomic E-state index is 13.6. The van der Waals surface area contributed by atoms with Crippen molar-refractivity contribution < 1.29 is 14.4 Å². The first kappa shape index (κ1) is 31.1. The third kappa shape index (κ3) is 9.92. The van der Waals surface area contributed by atoms with Gasteiger partial charge in [-0.3, -0.25) is 19.4 Å². The third-order valence-electron chi connectivity index (χ3n) is 6.68. The number of para-hydroxylation sites is 1. The Kier molecular flexibility index (Phi) is 12.1. The van der Waals surface area contributed by atoms with Crippen LogP contribution >= 0.6 is 0 Å². The molecule has 0 aliphatic carbocycles. The lowest BCUT2D eigenvalue weighted by Gasteiger charge is -2.24. The predicted octanol–water partition coefficient (Wildman–Crippen LogP) is 0.116. The molecule has 3 aromatic rings. The molecule has 1 heterocycles. The molecule has 1 aromatic heterocycles. The summed E-state index contributed by atoms with van der Waals surface area (Å²) in [6.45, 7) is 1.02. The Bertz CT molecular complexity index is 1310. The summed E-state index contributed by atoms with van der Waals surface area (Å²) < 4.78 is 0. The highest BCUT2D eigenvalue weighted by Crippen LogP contribution is 2.19. The summed E-state index contributed by atoms with van der Waals surface area (Å²) in [5, 5.41) is 9.45. The van der Waals surface area contributed by atoms with Gasteiger partial charge in [-0.1, -0.05) is 48.5 Å². The van der Waals surface area contributed by atoms with E-state index in [1.54, 1.807) is 0 Å². The number of aromatic amines is 1. The number of H-pyrrole nitrogens is 1. The van der Waals surface area contributed by atoms with Crippen LogP contribution in [-0.2, 0) is 27.3 Å². The van der Waals surface area contributed by atoms with E-state index in [0.717, 1.165) is 22.0 Å². The van der Waals surface area contributed by atoms with Crippen LogP contribution in [-0.4, -0.2) is 59.9 Å². The first-order valence-corrected chi connectivity index (χ1v) is 13.8. The second-order valence-electron chi connectivity index (χ2n) is 9.88. The lowest BCUT2D eigenvalue weighted by molar-refractivity contribution is -0.132. The summed E-state index contributed by atoms with van der Waals surface area (Å²) in [5.41, 5.74) is 25.2. The normalized spacial score (nSPS) is 13.1. The number of hydrogen-bond donors (Lipinski definition) is 8. The van der Waals surface area contributed by atoms with Gasteiger partial charge in [0.05, 0.1) is 6.04 Å². The number of carbonyl (C=O) groups excluding carboxylic acids is 3. The average molecular weight is 564 g/mol. The Morgan fingerprint density at radius 2 is 1.56 bits per heavy atom. The van der Waals surface area contributed by atoms with Gasteiger partial charge in [-0.2, -0.15) is 0 Å². The highest BCUT2D eigenvalue weighted by Gasteiger charge is 2.28. The highest BCUT2D eigenvalue weighted by molar-refractivity contribution is 5.94. The van der Waals surface area contributed by atoms with Crippen LogP contribution in [0.25, 0.3) is 10.9 Å². The van der Waals surface area contributed by atoms with Gasteiger partial charge in [0.25, 0.3) is 0 Å². The minimum atomic E-state index is -0.979. The number of nitrogens with one attached hydrogen (secondary N) is 4. The second-order valence-corrected chi connectivity index (χ2v) is 9.88. The zero-order valence-corrected chi connectivity index (χ0v) is 23.1. The summed E-state index contributed by atoms with van der Waals surface area (Å²) >= 11 is 0. The van der Waals surface area contributed by atoms with Crippen molar-refractivity contribution in [2.24, 2.45) is 27.9 Å². The van der Waals surface area contributed by atoms with Crippen LogP contribution in [0.1, 0.15) is 36.8 Å². The van der Waals surface area contributed by atoms with Crippen LogP contribution in [0, 0.1) is 0 Å². The quantitative estimate of drug-likeness (QED) is 0.0682. The minimum absolute atomic E-state index is 0.0320. The molecule has 3 atom stereocenters. The van der Waals surface area contributed by atoms with Gasteiger partial charge in [0.1, 0.15) is 12.1 Å². The number of rotatable bonds is 16. The van der Waals surface area contributed by atoms with Crippen LogP contribution in [0.4, 0.5) is 0 Å². The number of aromatic nitrogens is 1. The van der Waals surface area contributed by atoms with Gasteiger partial charge in [0.15, 0.2) is 5.96 Å². The molecule has 0 bridgehead atoms. The average Bonchev–Trinajstić information content (AvgIpc) is 3.38. The molecule has 220 valence electrons. The molecule has 41 heavy (non-hydrogen) atoms. The van der Waals surface area contributed by atoms with E-state index in [1.165, 1.54) is 0 Å². The third-order valence-corrected chi connectivity index (χ3v) is 6.68. The van der Waals surface area contributed by atoms with Gasteiger partial charge < -0.3 is 43.9 Å². The number of fused-ring (bicyclic) bond motifs is 1. The molecule has 3 rings (SSSR count). The Morgan fingerprint density at radius 1 is 0.854 bits per heavy atom. The fourth-order valence-corrected chi connectivity index (χ4v) is 4.43. The van der Waals surface area contributed by atoms with E-state index in [0.29, 0.717) is 45.3 Å². The van der Waals surface area contributed by atoms with E-state index in [2.05, 4.69) is 25.9 Å². The number of guanidine groups is 1. The van der Waals surface area contributed by atoms with Gasteiger partial charge in [-0.25, -0.2) is 0 Å². The topological polar surface area (TPSA) is 220 Å². The first-order chi connectivity index (χ1) is 19.8. The molecule has 12 heteroatoms. The Balaban J connectivity index is 1.74. The van der Waals surface area contributed by atoms with Crippen molar-refractivity contribution in [3.05, 3.63) is 71.9 Å². The summed E-state index contributed by atoms with van der Waals surface area (Å²) in [7, 11) is 0. The molecule has 0 aliphatic rings. The van der Waals surface area contributed by atoms with Crippen molar-refractivity contribution in [1.29, 1.82) is 0 Å². The minimum Gasteiger partial charge on any atom is -0.370 e. The van der Waals surface area contributed by atoms with Crippen molar-refractivity contribution in [1.82, 2.24) is 20.9 Å². The van der Waals surface area contributed by atoms with Crippen LogP contribution in [0.3, 0.4) is 0 Å². The Morgan fingerprint density at radius 3 is 2.29 bits per heavy atom. The Hall–Kier alpha value is -4.42. The molecule has 0 fully saturated rings. The molecule has 0 unspecified atom stereocenters. The molecule has 12 nitrogen and oxygen atoms in total. The molecule has 3 amide bonds. The summed E-state index contributed by atoms with van der Waals surface area (Å²) in [5.74, 6) is -1.34. The zero-order chi connectivity index (χ0) is 29.6. The highest BCUT2D eigenvalue weighted by atomic mass is 16.2. The number of nitrogens with two attached hydrogens (primary N) is 4. The van der Waals surface area contributed by atoms with Crippen molar-refractivity contribution >= 4 is 34.6 Å². The van der Waals surface area contributed by atoms with Gasteiger partial charge >= 0.3 is 0 Å². The van der Waals surface area contributed by atoms with Crippen LogP contribution in [0.15, 0.2) is 65.8 Å². The molecule has 0 aliphatic heterocycles. The molecule has 0 spiro atoms. The Labute approximate surface area is 239 Å². The summed E-state index contributed by atoms with van der Waals surface area (Å²) in [6, 6.07) is 14.5. The number of hydrogen-bond acceptors (Lipinski definition) is 6. The fourth-order valence-electron chi connectivity index (χ4n) is 4.43. The van der Waals surface area contributed by atoms with Crippen molar-refractivity contribution in [2.75, 3.05) is 13.1 Å². The molecular formula is C29H41N9O3. The molecule has 2 aromatic carbocycles. The van der Waals surface area contributed by atoms with E-state index in [-0.39, 0.29) is 18.3 Å². The standard InChI is InChI=1S/C29H41N9O3/c30-14-6-13-24(27(40)36-17-19-8-2-1-3-9-19)37-28(41)25(16-20-18-35-23-12-5-4-10-21(20)23)38-26(39)22(31)11-7-15-34-29(32)33/h1-5,8-10,12,18,22,24-25,35H,6-7,11,13-17,30-31H2,(H,36,40)(H,37,41)(H,38,39)(H4,32,33,34)/t22-,24-,25-/m0/s1. The SMILES string of the molecule is NCCC[C@H](NC(=O)[C@H](Cc1c[nH]c2ccccc12)NC(=O)[C@@H](N)CCCN=C(N)N)C(=O)NCc1ccccc1. The molecule has 12 N–H and O–H groups in total. The smallest absolute Gasteiger partial charge is 0.243 e. The largest absolute Gasteiger partial charge is 0.370 e. The van der Waals surface area contributed by atoms with Crippen LogP contribution < -0.4 is 38.9 Å². The van der Waals surface area contributed by atoms with Crippen molar-refractivity contribution in [2.45, 2.75) is 56.8 Å². The van der Waals surface area contributed by atoms with E-state index in [9.17, 15) is 14.4 Å². The van der Waals surface area contributed by atoms with Gasteiger partial charge in [0.2, 0.25) is 17.7 Å².